The molecule has 2 N–H and O–H groups in total. The SMILES string of the molecule is CCCSc1nc2n(n1)C(c1cc(Br)ccc1OC)C(C(=O)Nc1ccccc1OCC)=C(C)N2. The van der Waals surface area contributed by atoms with Crippen molar-refractivity contribution < 1.29 is 14.3 Å². The highest BCUT2D eigenvalue weighted by Crippen LogP contribution is 2.41. The molecule has 10 heteroatoms. The lowest BCUT2D eigenvalue weighted by Gasteiger charge is -2.29. The number of hydrogen-bond donors (Lipinski definition) is 2. The topological polar surface area (TPSA) is 90.3 Å². The summed E-state index contributed by atoms with van der Waals surface area (Å²) < 4.78 is 14.0. The van der Waals surface area contributed by atoms with Gasteiger partial charge in [0.15, 0.2) is 0 Å². The van der Waals surface area contributed by atoms with Crippen LogP contribution in [0.2, 0.25) is 0 Å². The van der Waals surface area contributed by atoms with Gasteiger partial charge in [0.25, 0.3) is 5.91 Å². The van der Waals surface area contributed by atoms with E-state index in [9.17, 15) is 4.79 Å². The summed E-state index contributed by atoms with van der Waals surface area (Å²) in [6.45, 7) is 6.39. The largest absolute Gasteiger partial charge is 0.496 e. The van der Waals surface area contributed by atoms with Gasteiger partial charge in [-0.3, -0.25) is 4.79 Å². The Morgan fingerprint density at radius 1 is 1.23 bits per heavy atom. The Kier molecular flexibility index (Phi) is 8.02. The normalized spacial score (nSPS) is 14.8. The molecule has 0 saturated carbocycles. The number of allylic oxidation sites excluding steroid dienone is 1. The highest BCUT2D eigenvalue weighted by molar-refractivity contribution is 9.10. The Bertz CT molecular complexity index is 1260. The maximum absolute atomic E-state index is 13.8. The molecule has 1 amide bonds. The fourth-order valence-electron chi connectivity index (χ4n) is 3.93. The van der Waals surface area contributed by atoms with Gasteiger partial charge in [-0.15, -0.1) is 5.10 Å². The molecule has 0 spiro atoms. The van der Waals surface area contributed by atoms with Gasteiger partial charge >= 0.3 is 0 Å². The summed E-state index contributed by atoms with van der Waals surface area (Å²) in [6, 6.07) is 12.6. The lowest BCUT2D eigenvalue weighted by Crippen LogP contribution is -2.32. The van der Waals surface area contributed by atoms with E-state index in [4.69, 9.17) is 14.6 Å². The zero-order valence-electron chi connectivity index (χ0n) is 20.1. The number of carbonyl (C=O) groups excluding carboxylic acids is 1. The Balaban J connectivity index is 1.81. The van der Waals surface area contributed by atoms with E-state index in [1.807, 2.05) is 56.3 Å². The summed E-state index contributed by atoms with van der Waals surface area (Å²) in [6.07, 6.45) is 1.01. The highest BCUT2D eigenvalue weighted by Gasteiger charge is 2.36. The van der Waals surface area contributed by atoms with Crippen molar-refractivity contribution in [3.63, 3.8) is 0 Å². The molecule has 0 bridgehead atoms. The minimum atomic E-state index is -0.554. The van der Waals surface area contributed by atoms with Gasteiger partial charge < -0.3 is 20.1 Å². The lowest BCUT2D eigenvalue weighted by molar-refractivity contribution is -0.113. The summed E-state index contributed by atoms with van der Waals surface area (Å²) >= 11 is 5.16. The molecule has 2 aromatic carbocycles. The highest BCUT2D eigenvalue weighted by atomic mass is 79.9. The van der Waals surface area contributed by atoms with Crippen molar-refractivity contribution >= 4 is 45.2 Å². The molecular formula is C25H28BrN5O3S. The molecule has 0 aliphatic carbocycles. The number of aromatic nitrogens is 3. The number of ether oxygens (including phenoxy) is 2. The van der Waals surface area contributed by atoms with Gasteiger partial charge in [-0.1, -0.05) is 46.7 Å². The Morgan fingerprint density at radius 3 is 2.77 bits per heavy atom. The molecule has 2 heterocycles. The zero-order valence-corrected chi connectivity index (χ0v) is 22.5. The molecule has 1 unspecified atom stereocenters. The van der Waals surface area contributed by atoms with Crippen LogP contribution in [0.15, 0.2) is 63.4 Å². The van der Waals surface area contributed by atoms with Gasteiger partial charge in [0.1, 0.15) is 17.5 Å². The number of fused-ring (bicyclic) bond motifs is 1. The van der Waals surface area contributed by atoms with Crippen LogP contribution >= 0.6 is 27.7 Å². The number of nitrogens with zero attached hydrogens (tertiary/aromatic N) is 3. The number of para-hydroxylation sites is 2. The van der Waals surface area contributed by atoms with Crippen molar-refractivity contribution in [2.75, 3.05) is 30.1 Å². The fourth-order valence-corrected chi connectivity index (χ4v) is 4.99. The molecule has 1 aliphatic rings. The maximum atomic E-state index is 13.8. The van der Waals surface area contributed by atoms with E-state index in [2.05, 4.69) is 38.5 Å². The Hall–Kier alpha value is -2.98. The predicted octanol–water partition coefficient (Wildman–Crippen LogP) is 5.88. The summed E-state index contributed by atoms with van der Waals surface area (Å²) in [5.41, 5.74) is 2.60. The second-order valence-electron chi connectivity index (χ2n) is 7.85. The molecule has 0 radical (unpaired) electrons. The average Bonchev–Trinajstić information content (AvgIpc) is 3.25. The van der Waals surface area contributed by atoms with Crippen LogP contribution in [0, 0.1) is 0 Å². The molecule has 1 atom stereocenters. The van der Waals surface area contributed by atoms with Crippen molar-refractivity contribution in [3.05, 3.63) is 63.8 Å². The van der Waals surface area contributed by atoms with Crippen LogP contribution in [0.4, 0.5) is 11.6 Å². The van der Waals surface area contributed by atoms with Crippen molar-refractivity contribution in [1.82, 2.24) is 14.8 Å². The Labute approximate surface area is 217 Å². The second-order valence-corrected chi connectivity index (χ2v) is 9.82. The summed E-state index contributed by atoms with van der Waals surface area (Å²) in [5.74, 6) is 2.48. The van der Waals surface area contributed by atoms with Gasteiger partial charge in [0.2, 0.25) is 11.1 Å². The van der Waals surface area contributed by atoms with E-state index in [0.717, 1.165) is 22.2 Å². The first-order chi connectivity index (χ1) is 17.0. The number of thioether (sulfide) groups is 1. The van der Waals surface area contributed by atoms with Crippen molar-refractivity contribution in [2.45, 2.75) is 38.4 Å². The van der Waals surface area contributed by atoms with Crippen LogP contribution in [-0.4, -0.2) is 40.1 Å². The van der Waals surface area contributed by atoms with Crippen LogP contribution in [0.3, 0.4) is 0 Å². The third-order valence-electron chi connectivity index (χ3n) is 5.43. The number of nitrogens with one attached hydrogen (secondary N) is 2. The first-order valence-corrected chi connectivity index (χ1v) is 13.2. The number of rotatable bonds is 9. The third kappa shape index (κ3) is 5.33. The number of carbonyl (C=O) groups is 1. The molecule has 0 saturated heterocycles. The molecular weight excluding hydrogens is 530 g/mol. The number of halogens is 1. The molecule has 4 rings (SSSR count). The minimum Gasteiger partial charge on any atom is -0.496 e. The standard InChI is InChI=1S/C25H28BrN5O3S/c1-5-13-35-25-29-24-27-15(3)21(23(32)28-18-9-7-8-10-20(18)34-6-2)22(31(24)30-25)17-14-16(26)11-12-19(17)33-4/h7-12,14,22H,5-6,13H2,1-4H3,(H,28,32)(H,27,29,30). The van der Waals surface area contributed by atoms with Crippen molar-refractivity contribution in [3.8, 4) is 11.5 Å². The van der Waals surface area contributed by atoms with E-state index in [1.165, 1.54) is 0 Å². The van der Waals surface area contributed by atoms with E-state index >= 15 is 0 Å². The molecule has 35 heavy (non-hydrogen) atoms. The van der Waals surface area contributed by atoms with Crippen LogP contribution in [0.1, 0.15) is 38.8 Å². The number of amides is 1. The minimum absolute atomic E-state index is 0.266. The fraction of sp³-hybridized carbons (Fsp3) is 0.320. The lowest BCUT2D eigenvalue weighted by atomic mass is 9.94. The Morgan fingerprint density at radius 2 is 2.03 bits per heavy atom. The first-order valence-electron chi connectivity index (χ1n) is 11.4. The van der Waals surface area contributed by atoms with Gasteiger partial charge in [0.05, 0.1) is 25.0 Å². The van der Waals surface area contributed by atoms with Crippen LogP contribution in [-0.2, 0) is 4.79 Å². The maximum Gasteiger partial charge on any atom is 0.255 e. The molecule has 1 aromatic heterocycles. The number of hydrogen-bond acceptors (Lipinski definition) is 7. The first kappa shape index (κ1) is 25.1. The summed E-state index contributed by atoms with van der Waals surface area (Å²) in [4.78, 5) is 18.5. The van der Waals surface area contributed by atoms with Crippen LogP contribution < -0.4 is 20.1 Å². The quantitative estimate of drug-likeness (QED) is 0.317. The zero-order chi connectivity index (χ0) is 24.9. The van der Waals surface area contributed by atoms with Gasteiger partial charge in [-0.05, 0) is 50.6 Å². The molecule has 8 nitrogen and oxygen atoms in total. The van der Waals surface area contributed by atoms with E-state index in [-0.39, 0.29) is 5.91 Å². The molecule has 0 fully saturated rings. The van der Waals surface area contributed by atoms with E-state index in [0.29, 0.717) is 46.2 Å². The third-order valence-corrected chi connectivity index (χ3v) is 6.97. The van der Waals surface area contributed by atoms with Gasteiger partial charge in [-0.2, -0.15) is 4.98 Å². The van der Waals surface area contributed by atoms with E-state index < -0.39 is 6.04 Å². The van der Waals surface area contributed by atoms with Crippen LogP contribution in [0.5, 0.6) is 11.5 Å². The number of methoxy groups -OCH3 is 1. The summed E-state index contributed by atoms with van der Waals surface area (Å²) in [5, 5.41) is 11.7. The average molecular weight is 559 g/mol. The van der Waals surface area contributed by atoms with Crippen molar-refractivity contribution in [2.24, 2.45) is 0 Å². The number of benzene rings is 2. The van der Waals surface area contributed by atoms with Gasteiger partial charge in [0, 0.05) is 21.5 Å². The second kappa shape index (κ2) is 11.2. The van der Waals surface area contributed by atoms with Crippen molar-refractivity contribution in [1.29, 1.82) is 0 Å². The monoisotopic (exact) mass is 557 g/mol. The smallest absolute Gasteiger partial charge is 0.255 e. The molecule has 1 aliphatic heterocycles. The number of anilines is 2. The predicted molar refractivity (Wildman–Crippen MR) is 142 cm³/mol. The van der Waals surface area contributed by atoms with Gasteiger partial charge in [-0.25, -0.2) is 4.68 Å². The van der Waals surface area contributed by atoms with E-state index in [1.54, 1.807) is 23.6 Å². The molecule has 184 valence electrons. The molecule has 3 aromatic rings. The van der Waals surface area contributed by atoms with Crippen LogP contribution in [0.25, 0.3) is 0 Å². The summed E-state index contributed by atoms with van der Waals surface area (Å²) in [7, 11) is 1.62.